The number of nitrogens with one attached hydrogen (secondary N) is 1. The van der Waals surface area contributed by atoms with Crippen LogP contribution in [0.3, 0.4) is 0 Å². The number of aromatic nitrogens is 4. The summed E-state index contributed by atoms with van der Waals surface area (Å²) in [4.78, 5) is 13.1. The number of hydrogen-bond donors (Lipinski definition) is 1. The highest BCUT2D eigenvalue weighted by atomic mass is 15.3. The molecule has 0 radical (unpaired) electrons. The topological polar surface area (TPSA) is 62.1 Å². The molecule has 0 saturated carbocycles. The van der Waals surface area contributed by atoms with Crippen LogP contribution in [0.2, 0.25) is 0 Å². The van der Waals surface area contributed by atoms with Crippen molar-refractivity contribution in [2.75, 3.05) is 37.4 Å². The Balaban J connectivity index is 1.51. The molecule has 3 rings (SSSR count). The molecule has 2 aromatic heterocycles. The average Bonchev–Trinajstić information content (AvgIpc) is 2.87. The standard InChI is InChI=1S/C17H27N7/c1-13-9-15(21-23(13)4)11-24-7-5-14(6-8-24)20-16-10-17(22(2)3)19-12-18-16/h9-10,12,14H,5-8,11H2,1-4H3,(H,18,19,20). The molecule has 1 N–H and O–H groups in total. The normalized spacial score (nSPS) is 16.3. The summed E-state index contributed by atoms with van der Waals surface area (Å²) in [5.74, 6) is 1.84. The van der Waals surface area contributed by atoms with Gasteiger partial charge in [0, 0.05) is 58.6 Å². The fourth-order valence-electron chi connectivity index (χ4n) is 3.06. The predicted molar refractivity (Wildman–Crippen MR) is 96.2 cm³/mol. The van der Waals surface area contributed by atoms with Crippen molar-refractivity contribution in [2.45, 2.75) is 32.4 Å². The van der Waals surface area contributed by atoms with Crippen molar-refractivity contribution in [3.05, 3.63) is 29.8 Å². The zero-order chi connectivity index (χ0) is 17.1. The summed E-state index contributed by atoms with van der Waals surface area (Å²) in [6.07, 6.45) is 3.86. The molecule has 7 nitrogen and oxygen atoms in total. The Morgan fingerprint density at radius 2 is 1.96 bits per heavy atom. The van der Waals surface area contributed by atoms with Gasteiger partial charge in [-0.3, -0.25) is 9.58 Å². The van der Waals surface area contributed by atoms with Crippen LogP contribution >= 0.6 is 0 Å². The Bertz CT molecular complexity index is 652. The summed E-state index contributed by atoms with van der Waals surface area (Å²) in [5, 5.41) is 8.10. The molecule has 0 amide bonds. The Labute approximate surface area is 143 Å². The smallest absolute Gasteiger partial charge is 0.133 e. The van der Waals surface area contributed by atoms with Gasteiger partial charge in [-0.2, -0.15) is 5.10 Å². The highest BCUT2D eigenvalue weighted by Crippen LogP contribution is 2.18. The van der Waals surface area contributed by atoms with E-state index in [1.165, 1.54) is 5.69 Å². The first-order valence-electron chi connectivity index (χ1n) is 8.49. The van der Waals surface area contributed by atoms with Crippen molar-refractivity contribution in [3.8, 4) is 0 Å². The van der Waals surface area contributed by atoms with Crippen molar-refractivity contribution in [2.24, 2.45) is 7.05 Å². The van der Waals surface area contributed by atoms with Gasteiger partial charge in [-0.25, -0.2) is 9.97 Å². The maximum absolute atomic E-state index is 4.56. The number of anilines is 2. The van der Waals surface area contributed by atoms with Gasteiger partial charge >= 0.3 is 0 Å². The van der Waals surface area contributed by atoms with Gasteiger partial charge in [0.2, 0.25) is 0 Å². The molecule has 0 aromatic carbocycles. The van der Waals surface area contributed by atoms with Crippen LogP contribution in [-0.4, -0.2) is 57.9 Å². The minimum Gasteiger partial charge on any atom is -0.367 e. The molecule has 0 unspecified atom stereocenters. The number of likely N-dealkylation sites (tertiary alicyclic amines) is 1. The molecule has 7 heteroatoms. The van der Waals surface area contributed by atoms with Gasteiger partial charge < -0.3 is 10.2 Å². The molecule has 24 heavy (non-hydrogen) atoms. The van der Waals surface area contributed by atoms with E-state index in [9.17, 15) is 0 Å². The molecule has 1 aliphatic heterocycles. The molecule has 3 heterocycles. The lowest BCUT2D eigenvalue weighted by Gasteiger charge is -2.32. The largest absolute Gasteiger partial charge is 0.367 e. The van der Waals surface area contributed by atoms with Crippen molar-refractivity contribution in [3.63, 3.8) is 0 Å². The van der Waals surface area contributed by atoms with Gasteiger partial charge in [0.25, 0.3) is 0 Å². The molecular weight excluding hydrogens is 302 g/mol. The van der Waals surface area contributed by atoms with Crippen molar-refractivity contribution in [1.29, 1.82) is 0 Å². The molecular formula is C17H27N7. The molecule has 0 aliphatic carbocycles. The van der Waals surface area contributed by atoms with Gasteiger partial charge in [-0.1, -0.05) is 0 Å². The minimum absolute atomic E-state index is 0.469. The first kappa shape index (κ1) is 16.7. The number of nitrogens with zero attached hydrogens (tertiary/aromatic N) is 6. The van der Waals surface area contributed by atoms with Crippen molar-refractivity contribution >= 4 is 11.6 Å². The Morgan fingerprint density at radius 1 is 1.21 bits per heavy atom. The second-order valence-electron chi connectivity index (χ2n) is 6.75. The first-order chi connectivity index (χ1) is 11.5. The first-order valence-corrected chi connectivity index (χ1v) is 8.49. The van der Waals surface area contributed by atoms with Crippen LogP contribution in [0.15, 0.2) is 18.5 Å². The van der Waals surface area contributed by atoms with Crippen LogP contribution in [0.5, 0.6) is 0 Å². The molecule has 0 bridgehead atoms. The minimum atomic E-state index is 0.469. The summed E-state index contributed by atoms with van der Waals surface area (Å²) < 4.78 is 1.95. The third-order valence-corrected chi connectivity index (χ3v) is 4.60. The fraction of sp³-hybridized carbons (Fsp3) is 0.588. The van der Waals surface area contributed by atoms with Gasteiger partial charge in [-0.05, 0) is 25.8 Å². The van der Waals surface area contributed by atoms with E-state index >= 15 is 0 Å². The fourth-order valence-corrected chi connectivity index (χ4v) is 3.06. The zero-order valence-corrected chi connectivity index (χ0v) is 15.0. The third kappa shape index (κ3) is 4.03. The Morgan fingerprint density at radius 3 is 2.58 bits per heavy atom. The lowest BCUT2D eigenvalue weighted by Crippen LogP contribution is -2.38. The summed E-state index contributed by atoms with van der Waals surface area (Å²) in [7, 11) is 5.98. The van der Waals surface area contributed by atoms with Crippen LogP contribution in [-0.2, 0) is 13.6 Å². The van der Waals surface area contributed by atoms with Crippen LogP contribution in [0.4, 0.5) is 11.6 Å². The number of rotatable bonds is 5. The summed E-state index contributed by atoms with van der Waals surface area (Å²) in [5.41, 5.74) is 2.37. The van der Waals surface area contributed by atoms with E-state index in [0.717, 1.165) is 49.8 Å². The van der Waals surface area contributed by atoms with E-state index in [-0.39, 0.29) is 0 Å². The quantitative estimate of drug-likeness (QED) is 0.900. The lowest BCUT2D eigenvalue weighted by atomic mass is 10.0. The van der Waals surface area contributed by atoms with E-state index in [2.05, 4.69) is 38.3 Å². The molecule has 1 saturated heterocycles. The second-order valence-corrected chi connectivity index (χ2v) is 6.75. The van der Waals surface area contributed by atoms with E-state index in [0.29, 0.717) is 6.04 Å². The SMILES string of the molecule is Cc1cc(CN2CCC(Nc3cc(N(C)C)ncn3)CC2)nn1C. The molecule has 0 atom stereocenters. The molecule has 1 aliphatic rings. The molecule has 1 fully saturated rings. The Kier molecular flexibility index (Phi) is 4.99. The summed E-state index contributed by atoms with van der Waals surface area (Å²) >= 11 is 0. The number of hydrogen-bond acceptors (Lipinski definition) is 6. The number of piperidine rings is 1. The van der Waals surface area contributed by atoms with Crippen LogP contribution in [0.25, 0.3) is 0 Å². The summed E-state index contributed by atoms with van der Waals surface area (Å²) in [6, 6.07) is 4.65. The van der Waals surface area contributed by atoms with E-state index in [4.69, 9.17) is 0 Å². The van der Waals surface area contributed by atoms with Gasteiger partial charge in [0.05, 0.1) is 5.69 Å². The zero-order valence-electron chi connectivity index (χ0n) is 15.0. The molecule has 2 aromatic rings. The van der Waals surface area contributed by atoms with Crippen LogP contribution in [0, 0.1) is 6.92 Å². The molecule has 0 spiro atoms. The highest BCUT2D eigenvalue weighted by Gasteiger charge is 2.20. The number of aryl methyl sites for hydroxylation is 2. The molecule has 130 valence electrons. The van der Waals surface area contributed by atoms with E-state index < -0.39 is 0 Å². The van der Waals surface area contributed by atoms with Crippen molar-refractivity contribution < 1.29 is 0 Å². The van der Waals surface area contributed by atoms with E-state index in [1.807, 2.05) is 36.8 Å². The average molecular weight is 329 g/mol. The second kappa shape index (κ2) is 7.17. The maximum atomic E-state index is 4.56. The maximum Gasteiger partial charge on any atom is 0.133 e. The third-order valence-electron chi connectivity index (χ3n) is 4.60. The lowest BCUT2D eigenvalue weighted by molar-refractivity contribution is 0.208. The highest BCUT2D eigenvalue weighted by molar-refractivity contribution is 5.47. The Hall–Kier alpha value is -2.15. The van der Waals surface area contributed by atoms with Crippen LogP contribution < -0.4 is 10.2 Å². The van der Waals surface area contributed by atoms with Crippen molar-refractivity contribution in [1.82, 2.24) is 24.6 Å². The van der Waals surface area contributed by atoms with Gasteiger partial charge in [0.15, 0.2) is 0 Å². The van der Waals surface area contributed by atoms with Crippen LogP contribution in [0.1, 0.15) is 24.2 Å². The van der Waals surface area contributed by atoms with Gasteiger partial charge in [0.1, 0.15) is 18.0 Å². The van der Waals surface area contributed by atoms with E-state index in [1.54, 1.807) is 6.33 Å². The van der Waals surface area contributed by atoms with Gasteiger partial charge in [-0.15, -0.1) is 0 Å². The summed E-state index contributed by atoms with van der Waals surface area (Å²) in [6.45, 7) is 5.20. The monoisotopic (exact) mass is 329 g/mol. The predicted octanol–water partition coefficient (Wildman–Crippen LogP) is 1.66.